The van der Waals surface area contributed by atoms with E-state index in [2.05, 4.69) is 24.6 Å². The average molecular weight is 433 g/mol. The third-order valence-corrected chi connectivity index (χ3v) is 7.49. The fourth-order valence-corrected chi connectivity index (χ4v) is 4.77. The van der Waals surface area contributed by atoms with Crippen molar-refractivity contribution in [3.8, 4) is 0 Å². The number of rotatable bonds is 8. The number of aromatic nitrogens is 2. The Morgan fingerprint density at radius 1 is 1.31 bits per heavy atom. The number of benzene rings is 1. The molecular formula is C21H28N2O4SSi. The molecule has 3 aromatic rings. The summed E-state index contributed by atoms with van der Waals surface area (Å²) in [6, 6.07) is 9.02. The normalized spacial score (nSPS) is 13.0. The van der Waals surface area contributed by atoms with Crippen LogP contribution < -0.4 is 0 Å². The zero-order valence-electron chi connectivity index (χ0n) is 17.6. The molecular weight excluding hydrogens is 404 g/mol. The molecule has 0 spiro atoms. The van der Waals surface area contributed by atoms with Gasteiger partial charge in [0.1, 0.15) is 17.8 Å². The molecule has 1 atom stereocenters. The van der Waals surface area contributed by atoms with Gasteiger partial charge in [0.2, 0.25) is 0 Å². The quantitative estimate of drug-likeness (QED) is 0.320. The second-order valence-electron chi connectivity index (χ2n) is 8.27. The molecule has 1 N–H and O–H groups in total. The highest BCUT2D eigenvalue weighted by Crippen LogP contribution is 2.33. The highest BCUT2D eigenvalue weighted by molar-refractivity contribution is 7.12. The van der Waals surface area contributed by atoms with E-state index in [9.17, 15) is 9.90 Å². The highest BCUT2D eigenvalue weighted by Gasteiger charge is 2.24. The van der Waals surface area contributed by atoms with Crippen LogP contribution in [0.15, 0.2) is 30.5 Å². The Balaban J connectivity index is 1.87. The van der Waals surface area contributed by atoms with E-state index < -0.39 is 20.1 Å². The molecule has 2 aromatic heterocycles. The van der Waals surface area contributed by atoms with Gasteiger partial charge < -0.3 is 19.1 Å². The number of ether oxygens (including phenoxy) is 2. The maximum absolute atomic E-state index is 11.9. The predicted molar refractivity (Wildman–Crippen MR) is 118 cm³/mol. The third kappa shape index (κ3) is 4.95. The van der Waals surface area contributed by atoms with Crippen LogP contribution >= 0.6 is 11.3 Å². The van der Waals surface area contributed by atoms with Crippen LogP contribution in [0.25, 0.3) is 10.9 Å². The summed E-state index contributed by atoms with van der Waals surface area (Å²) in [4.78, 5) is 16.9. The summed E-state index contributed by atoms with van der Waals surface area (Å²) in [5.41, 5.74) is 2.00. The van der Waals surface area contributed by atoms with E-state index >= 15 is 0 Å². The largest absolute Gasteiger partial charge is 0.464 e. The van der Waals surface area contributed by atoms with Crippen LogP contribution in [0.5, 0.6) is 0 Å². The van der Waals surface area contributed by atoms with Gasteiger partial charge in [0, 0.05) is 36.7 Å². The van der Waals surface area contributed by atoms with E-state index in [-0.39, 0.29) is 5.69 Å². The monoisotopic (exact) mass is 432 g/mol. The van der Waals surface area contributed by atoms with Crippen molar-refractivity contribution in [2.24, 2.45) is 0 Å². The molecule has 0 bridgehead atoms. The Hall–Kier alpha value is -2.00. The van der Waals surface area contributed by atoms with E-state index in [1.54, 1.807) is 6.92 Å². The topological polar surface area (TPSA) is 73.6 Å². The molecule has 0 radical (unpaired) electrons. The highest BCUT2D eigenvalue weighted by atomic mass is 32.1. The van der Waals surface area contributed by atoms with Crippen molar-refractivity contribution in [1.82, 2.24) is 9.55 Å². The summed E-state index contributed by atoms with van der Waals surface area (Å²) in [5.74, 6) is -0.490. The number of thiazole rings is 1. The summed E-state index contributed by atoms with van der Waals surface area (Å²) >= 11 is 1.31. The van der Waals surface area contributed by atoms with Crippen molar-refractivity contribution < 1.29 is 19.4 Å². The second kappa shape index (κ2) is 8.79. The van der Waals surface area contributed by atoms with Crippen LogP contribution in [0.3, 0.4) is 0 Å². The number of aryl methyl sites for hydroxylation is 1. The van der Waals surface area contributed by atoms with Crippen LogP contribution in [-0.2, 0) is 16.2 Å². The third-order valence-electron chi connectivity index (χ3n) is 4.77. The number of fused-ring (bicyclic) bond motifs is 1. The zero-order chi connectivity index (χ0) is 21.2. The maximum atomic E-state index is 11.9. The number of aliphatic hydroxyl groups excluding tert-OH is 1. The van der Waals surface area contributed by atoms with E-state index in [0.717, 1.165) is 34.0 Å². The van der Waals surface area contributed by atoms with Crippen molar-refractivity contribution in [1.29, 1.82) is 0 Å². The lowest BCUT2D eigenvalue weighted by Crippen LogP contribution is -2.21. The molecule has 0 aliphatic carbocycles. The van der Waals surface area contributed by atoms with E-state index in [1.807, 2.05) is 35.0 Å². The number of nitrogens with zero attached hydrogens (tertiary/aromatic N) is 2. The molecule has 156 valence electrons. The first kappa shape index (κ1) is 21.7. The van der Waals surface area contributed by atoms with Gasteiger partial charge in [0.25, 0.3) is 0 Å². The minimum Gasteiger partial charge on any atom is -0.464 e. The fourth-order valence-electron chi connectivity index (χ4n) is 3.09. The van der Waals surface area contributed by atoms with Crippen molar-refractivity contribution in [2.75, 3.05) is 13.7 Å². The molecule has 2 heterocycles. The molecule has 1 unspecified atom stereocenters. The molecule has 0 saturated heterocycles. The average Bonchev–Trinajstić information content (AvgIpc) is 3.24. The lowest BCUT2D eigenvalue weighted by Gasteiger charge is -2.15. The number of hydrogen-bond acceptors (Lipinski definition) is 6. The molecule has 0 fully saturated rings. The van der Waals surface area contributed by atoms with Gasteiger partial charge in [0.15, 0.2) is 5.69 Å². The van der Waals surface area contributed by atoms with E-state index in [1.165, 1.54) is 18.4 Å². The lowest BCUT2D eigenvalue weighted by atomic mass is 10.1. The molecule has 3 rings (SSSR count). The Kier molecular flexibility index (Phi) is 6.57. The predicted octanol–water partition coefficient (Wildman–Crippen LogP) is 4.59. The summed E-state index contributed by atoms with van der Waals surface area (Å²) in [6.07, 6.45) is 0.989. The SMILES string of the molecule is COC(=O)c1nc(C(O)c2cn(COCC[Si](C)(C)C)c3ccccc23)sc1C. The van der Waals surface area contributed by atoms with E-state index in [0.29, 0.717) is 11.7 Å². The van der Waals surface area contributed by atoms with Crippen molar-refractivity contribution >= 4 is 36.3 Å². The number of carbonyl (C=O) groups is 1. The number of para-hydroxylation sites is 1. The standard InChI is InChI=1S/C21H28N2O4SSi/c1-14-18(21(25)26-2)22-20(28-14)19(24)16-12-23(13-27-10-11-29(3,4)5)17-9-7-6-8-15(16)17/h6-9,12,19,24H,10-11,13H2,1-5H3. The molecule has 0 amide bonds. The van der Waals surface area contributed by atoms with Crippen LogP contribution in [0.2, 0.25) is 25.7 Å². The Morgan fingerprint density at radius 3 is 2.72 bits per heavy atom. The van der Waals surface area contributed by atoms with Crippen molar-refractivity contribution in [3.05, 3.63) is 51.6 Å². The van der Waals surface area contributed by atoms with Gasteiger partial charge in [-0.25, -0.2) is 9.78 Å². The van der Waals surface area contributed by atoms with Gasteiger partial charge in [-0.15, -0.1) is 11.3 Å². The first-order chi connectivity index (χ1) is 13.7. The molecule has 29 heavy (non-hydrogen) atoms. The number of carbonyl (C=O) groups excluding carboxylic acids is 1. The van der Waals surface area contributed by atoms with E-state index in [4.69, 9.17) is 9.47 Å². The number of hydrogen-bond donors (Lipinski definition) is 1. The minimum atomic E-state index is -1.14. The van der Waals surface area contributed by atoms with Crippen LogP contribution in [0, 0.1) is 6.92 Å². The second-order valence-corrected chi connectivity index (χ2v) is 15.1. The minimum absolute atomic E-state index is 0.255. The van der Waals surface area contributed by atoms with Gasteiger partial charge in [0.05, 0.1) is 12.6 Å². The van der Waals surface area contributed by atoms with Crippen LogP contribution in [0.1, 0.15) is 32.0 Å². The van der Waals surface area contributed by atoms with Gasteiger partial charge >= 0.3 is 5.97 Å². The van der Waals surface area contributed by atoms with Gasteiger partial charge in [-0.05, 0) is 19.0 Å². The summed E-state index contributed by atoms with van der Waals surface area (Å²) in [5, 5.41) is 12.4. The zero-order valence-corrected chi connectivity index (χ0v) is 19.4. The first-order valence-corrected chi connectivity index (χ1v) is 14.1. The van der Waals surface area contributed by atoms with Crippen molar-refractivity contribution in [2.45, 2.75) is 45.4 Å². The number of methoxy groups -OCH3 is 1. The Bertz CT molecular complexity index is 1010. The molecule has 1 aromatic carbocycles. The molecule has 0 aliphatic heterocycles. The van der Waals surface area contributed by atoms with Crippen molar-refractivity contribution in [3.63, 3.8) is 0 Å². The van der Waals surface area contributed by atoms with Crippen LogP contribution in [-0.4, -0.2) is 42.4 Å². The van der Waals surface area contributed by atoms with Gasteiger partial charge in [-0.1, -0.05) is 37.8 Å². The fraction of sp³-hybridized carbons (Fsp3) is 0.429. The lowest BCUT2D eigenvalue weighted by molar-refractivity contribution is 0.0593. The smallest absolute Gasteiger partial charge is 0.357 e. The summed E-state index contributed by atoms with van der Waals surface area (Å²) in [6.45, 7) is 9.95. The Labute approximate surface area is 176 Å². The number of esters is 1. The number of aliphatic hydroxyl groups is 1. The molecule has 0 aliphatic rings. The summed E-state index contributed by atoms with van der Waals surface area (Å²) in [7, 11) is 0.186. The van der Waals surface area contributed by atoms with Crippen LogP contribution in [0.4, 0.5) is 0 Å². The van der Waals surface area contributed by atoms with Gasteiger partial charge in [-0.3, -0.25) is 0 Å². The Morgan fingerprint density at radius 2 is 2.03 bits per heavy atom. The molecule has 8 heteroatoms. The van der Waals surface area contributed by atoms with Gasteiger partial charge in [-0.2, -0.15) is 0 Å². The summed E-state index contributed by atoms with van der Waals surface area (Å²) < 4.78 is 12.7. The maximum Gasteiger partial charge on any atom is 0.357 e. The molecule has 0 saturated carbocycles. The molecule has 6 nitrogen and oxygen atoms in total. The first-order valence-electron chi connectivity index (χ1n) is 9.60.